The third-order valence-corrected chi connectivity index (χ3v) is 11.5. The molecule has 3 saturated heterocycles. The second-order valence-corrected chi connectivity index (χ2v) is 11.8. The average molecular weight is 390 g/mol. The van der Waals surface area contributed by atoms with Gasteiger partial charge in [-0.15, -0.1) is 0 Å². The molecule has 3 rings (SSSR count). The van der Waals surface area contributed by atoms with Gasteiger partial charge in [0.25, 0.3) is 0 Å². The Morgan fingerprint density at radius 3 is 1.69 bits per heavy atom. The zero-order chi connectivity index (χ0) is 10.8. The van der Waals surface area contributed by atoms with E-state index in [0.29, 0.717) is 39.9 Å². The third-order valence-electron chi connectivity index (χ3n) is 2.57. The molecule has 0 saturated carbocycles. The summed E-state index contributed by atoms with van der Waals surface area (Å²) in [6.45, 7) is 1.95. The van der Waals surface area contributed by atoms with Crippen LogP contribution in [0.3, 0.4) is 0 Å². The quantitative estimate of drug-likeness (QED) is 0.501. The summed E-state index contributed by atoms with van der Waals surface area (Å²) in [5, 5.41) is 5.40. The van der Waals surface area contributed by atoms with E-state index in [2.05, 4.69) is 0 Å². The predicted molar refractivity (Wildman–Crippen MR) is 73.1 cm³/mol. The van der Waals surface area contributed by atoms with Crippen molar-refractivity contribution in [2.24, 2.45) is 0 Å². The molecular formula is C10H16O2S2Se2. The van der Waals surface area contributed by atoms with Crippen molar-refractivity contribution in [3.05, 3.63) is 0 Å². The average Bonchev–Trinajstić information content (AvgIpc) is 3.17. The van der Waals surface area contributed by atoms with Crippen LogP contribution in [0.5, 0.6) is 0 Å². The van der Waals surface area contributed by atoms with E-state index in [1.165, 1.54) is 22.1 Å². The van der Waals surface area contributed by atoms with Gasteiger partial charge < -0.3 is 0 Å². The van der Waals surface area contributed by atoms with Gasteiger partial charge in [-0.2, -0.15) is 0 Å². The van der Waals surface area contributed by atoms with Crippen LogP contribution in [0.1, 0.15) is 0 Å². The summed E-state index contributed by atoms with van der Waals surface area (Å²) in [7, 11) is 0. The van der Waals surface area contributed by atoms with Gasteiger partial charge in [-0.1, -0.05) is 0 Å². The van der Waals surface area contributed by atoms with E-state index in [1.54, 1.807) is 0 Å². The summed E-state index contributed by atoms with van der Waals surface area (Å²) in [4.78, 5) is 0. The monoisotopic (exact) mass is 392 g/mol. The first kappa shape index (κ1) is 12.7. The Labute approximate surface area is 118 Å². The number of rotatable bonds is 6. The van der Waals surface area contributed by atoms with E-state index in [9.17, 15) is 0 Å². The van der Waals surface area contributed by atoms with Gasteiger partial charge in [-0.25, -0.2) is 0 Å². The fraction of sp³-hybridized carbons (Fsp3) is 1.00. The van der Waals surface area contributed by atoms with Crippen LogP contribution in [-0.2, 0) is 9.47 Å². The molecule has 16 heavy (non-hydrogen) atoms. The van der Waals surface area contributed by atoms with Crippen molar-refractivity contribution in [2.45, 2.75) is 31.1 Å². The van der Waals surface area contributed by atoms with E-state index >= 15 is 0 Å². The molecule has 6 heteroatoms. The number of hydrogen-bond acceptors (Lipinski definition) is 4. The van der Waals surface area contributed by atoms with Crippen molar-refractivity contribution < 1.29 is 9.47 Å². The minimum absolute atomic E-state index is 0.478. The van der Waals surface area contributed by atoms with Crippen LogP contribution < -0.4 is 0 Å². The molecule has 0 aromatic carbocycles. The van der Waals surface area contributed by atoms with Crippen molar-refractivity contribution in [1.82, 2.24) is 0 Å². The first-order valence-corrected chi connectivity index (χ1v) is 12.1. The Morgan fingerprint density at radius 1 is 0.875 bits per heavy atom. The van der Waals surface area contributed by atoms with E-state index in [4.69, 9.17) is 9.47 Å². The Morgan fingerprint density at radius 2 is 1.31 bits per heavy atom. The normalized spacial score (nSPS) is 42.0. The molecule has 0 aliphatic carbocycles. The molecule has 3 heterocycles. The molecule has 3 aliphatic heterocycles. The Hall–Kier alpha value is 1.66. The van der Waals surface area contributed by atoms with Crippen LogP contribution in [-0.4, -0.2) is 75.1 Å². The Balaban J connectivity index is 1.42. The summed E-state index contributed by atoms with van der Waals surface area (Å²) >= 11 is 5.39. The summed E-state index contributed by atoms with van der Waals surface area (Å²) in [6.07, 6.45) is 0. The van der Waals surface area contributed by atoms with Crippen LogP contribution in [0.2, 0.25) is 10.6 Å². The summed E-state index contributed by atoms with van der Waals surface area (Å²) < 4.78 is 12.1. The molecule has 2 nitrogen and oxygen atoms in total. The Kier molecular flexibility index (Phi) is 4.92. The SMILES string of the molecule is C1C[Se]C(OCC2CS2)C(OCC2CS2)[Se]1. The molecular weight excluding hydrogens is 374 g/mol. The summed E-state index contributed by atoms with van der Waals surface area (Å²) in [5.41, 5.74) is 0. The topological polar surface area (TPSA) is 18.5 Å². The van der Waals surface area contributed by atoms with E-state index in [-0.39, 0.29) is 0 Å². The van der Waals surface area contributed by atoms with E-state index < -0.39 is 0 Å². The van der Waals surface area contributed by atoms with E-state index in [1.807, 2.05) is 23.5 Å². The molecule has 0 aromatic heterocycles. The molecule has 0 amide bonds. The van der Waals surface area contributed by atoms with Crippen LogP contribution in [0.15, 0.2) is 0 Å². The standard InChI is InChI=1S/C10H16O2S2Se2/c1-2-16-10(12-4-8-6-14-8)9(15-1)11-3-7-5-13-7/h7-10H,1-6H2. The van der Waals surface area contributed by atoms with Crippen molar-refractivity contribution in [2.75, 3.05) is 24.7 Å². The molecule has 4 atom stereocenters. The number of thioether (sulfide) groups is 2. The van der Waals surface area contributed by atoms with Gasteiger partial charge in [0.1, 0.15) is 0 Å². The first-order chi connectivity index (χ1) is 7.92. The Bertz CT molecular complexity index is 213. The van der Waals surface area contributed by atoms with Crippen LogP contribution in [0, 0.1) is 0 Å². The van der Waals surface area contributed by atoms with Gasteiger partial charge in [-0.3, -0.25) is 0 Å². The van der Waals surface area contributed by atoms with Gasteiger partial charge in [0.15, 0.2) is 0 Å². The van der Waals surface area contributed by atoms with Gasteiger partial charge in [-0.05, 0) is 0 Å². The minimum atomic E-state index is 0.478. The molecule has 3 fully saturated rings. The summed E-state index contributed by atoms with van der Waals surface area (Å²) in [6, 6.07) is 0. The van der Waals surface area contributed by atoms with Gasteiger partial charge in [0, 0.05) is 0 Å². The molecule has 3 aliphatic rings. The zero-order valence-corrected chi connectivity index (χ0v) is 14.1. The number of hydrogen-bond donors (Lipinski definition) is 0. The molecule has 0 aromatic rings. The predicted octanol–water partition coefficient (Wildman–Crippen LogP) is 1.16. The van der Waals surface area contributed by atoms with Gasteiger partial charge >= 0.3 is 119 Å². The molecule has 0 bridgehead atoms. The van der Waals surface area contributed by atoms with E-state index in [0.717, 1.165) is 23.7 Å². The maximum atomic E-state index is 6.06. The molecule has 0 N–H and O–H groups in total. The second kappa shape index (κ2) is 6.20. The van der Waals surface area contributed by atoms with Crippen molar-refractivity contribution in [3.8, 4) is 0 Å². The molecule has 0 radical (unpaired) electrons. The van der Waals surface area contributed by atoms with Crippen LogP contribution >= 0.6 is 23.5 Å². The zero-order valence-electron chi connectivity index (χ0n) is 9.00. The second-order valence-electron chi connectivity index (χ2n) is 4.06. The fourth-order valence-corrected chi connectivity index (χ4v) is 9.20. The van der Waals surface area contributed by atoms with Crippen molar-refractivity contribution >= 4 is 53.4 Å². The maximum absolute atomic E-state index is 6.06. The van der Waals surface area contributed by atoms with Crippen molar-refractivity contribution in [1.29, 1.82) is 0 Å². The fourth-order valence-electron chi connectivity index (χ4n) is 1.47. The number of ether oxygens (including phenoxy) is 2. The van der Waals surface area contributed by atoms with Crippen LogP contribution in [0.25, 0.3) is 0 Å². The van der Waals surface area contributed by atoms with Crippen LogP contribution in [0.4, 0.5) is 0 Å². The summed E-state index contributed by atoms with van der Waals surface area (Å²) in [5.74, 6) is 2.63. The molecule has 92 valence electrons. The van der Waals surface area contributed by atoms with Gasteiger partial charge in [0.05, 0.1) is 0 Å². The molecule has 0 spiro atoms. The third kappa shape index (κ3) is 4.10. The van der Waals surface area contributed by atoms with Gasteiger partial charge in [0.2, 0.25) is 0 Å². The molecule has 4 unspecified atom stereocenters. The first-order valence-electron chi connectivity index (χ1n) is 5.61. The van der Waals surface area contributed by atoms with Crippen molar-refractivity contribution in [3.63, 3.8) is 0 Å².